The standard InChI is InChI=1S/C9H14O4/c1-3-4-5-13-9(12)7(2)6-8(10)11/h6H,3-5H2,1-2H3,(H,10,11)/b7-6-. The molecule has 0 bridgehead atoms. The first-order valence-electron chi connectivity index (χ1n) is 4.16. The molecule has 0 aliphatic heterocycles. The number of hydrogen-bond acceptors (Lipinski definition) is 3. The zero-order valence-electron chi connectivity index (χ0n) is 7.87. The van der Waals surface area contributed by atoms with E-state index in [0.717, 1.165) is 18.9 Å². The van der Waals surface area contributed by atoms with E-state index in [1.807, 2.05) is 6.92 Å². The van der Waals surface area contributed by atoms with Gasteiger partial charge < -0.3 is 9.84 Å². The van der Waals surface area contributed by atoms with Crippen molar-refractivity contribution in [3.63, 3.8) is 0 Å². The van der Waals surface area contributed by atoms with Crippen LogP contribution >= 0.6 is 0 Å². The Morgan fingerprint density at radius 1 is 1.46 bits per heavy atom. The van der Waals surface area contributed by atoms with Crippen LogP contribution in [0.15, 0.2) is 11.6 Å². The van der Waals surface area contributed by atoms with Crippen LogP contribution in [0.3, 0.4) is 0 Å². The van der Waals surface area contributed by atoms with E-state index in [9.17, 15) is 9.59 Å². The minimum atomic E-state index is -1.13. The summed E-state index contributed by atoms with van der Waals surface area (Å²) in [5, 5.41) is 8.32. The fraction of sp³-hybridized carbons (Fsp3) is 0.556. The Morgan fingerprint density at radius 2 is 2.08 bits per heavy atom. The summed E-state index contributed by atoms with van der Waals surface area (Å²) < 4.78 is 4.77. The number of ether oxygens (including phenoxy) is 1. The van der Waals surface area contributed by atoms with Gasteiger partial charge in [-0.1, -0.05) is 13.3 Å². The van der Waals surface area contributed by atoms with E-state index >= 15 is 0 Å². The predicted octanol–water partition coefficient (Wildman–Crippen LogP) is 1.36. The number of carbonyl (C=O) groups is 2. The lowest BCUT2D eigenvalue weighted by molar-refractivity contribution is -0.140. The molecule has 0 radical (unpaired) electrons. The summed E-state index contributed by atoms with van der Waals surface area (Å²) in [7, 11) is 0. The van der Waals surface area contributed by atoms with Crippen LogP contribution in [0.4, 0.5) is 0 Å². The molecule has 0 rings (SSSR count). The van der Waals surface area contributed by atoms with Gasteiger partial charge in [-0.05, 0) is 13.3 Å². The summed E-state index contributed by atoms with van der Waals surface area (Å²) in [5.74, 6) is -1.69. The average Bonchev–Trinajstić information content (AvgIpc) is 2.03. The Labute approximate surface area is 77.2 Å². The fourth-order valence-corrected chi connectivity index (χ4v) is 0.667. The van der Waals surface area contributed by atoms with E-state index in [4.69, 9.17) is 9.84 Å². The molecule has 0 saturated heterocycles. The highest BCUT2D eigenvalue weighted by molar-refractivity contribution is 5.95. The van der Waals surface area contributed by atoms with Crippen LogP contribution in [0.2, 0.25) is 0 Å². The van der Waals surface area contributed by atoms with Crippen LogP contribution < -0.4 is 0 Å². The number of carboxylic acids is 1. The lowest BCUT2D eigenvalue weighted by Gasteiger charge is -2.02. The van der Waals surface area contributed by atoms with E-state index in [1.54, 1.807) is 0 Å². The molecule has 0 saturated carbocycles. The van der Waals surface area contributed by atoms with E-state index < -0.39 is 11.9 Å². The Balaban J connectivity index is 3.90. The van der Waals surface area contributed by atoms with E-state index in [0.29, 0.717) is 6.61 Å². The van der Waals surface area contributed by atoms with Crippen LogP contribution in [0.1, 0.15) is 26.7 Å². The number of carboxylic acid groups (broad SMARTS) is 1. The third-order valence-corrected chi connectivity index (χ3v) is 1.39. The molecule has 0 amide bonds. The summed E-state index contributed by atoms with van der Waals surface area (Å²) in [4.78, 5) is 21.2. The zero-order valence-corrected chi connectivity index (χ0v) is 7.87. The van der Waals surface area contributed by atoms with Crippen molar-refractivity contribution in [1.82, 2.24) is 0 Å². The van der Waals surface area contributed by atoms with E-state index in [1.165, 1.54) is 6.92 Å². The quantitative estimate of drug-likeness (QED) is 0.400. The number of aliphatic carboxylic acids is 1. The van der Waals surface area contributed by atoms with Crippen molar-refractivity contribution in [2.75, 3.05) is 6.61 Å². The van der Waals surface area contributed by atoms with Gasteiger partial charge >= 0.3 is 11.9 Å². The molecule has 0 spiro atoms. The molecule has 0 heterocycles. The maximum Gasteiger partial charge on any atom is 0.333 e. The first kappa shape index (κ1) is 11.7. The van der Waals surface area contributed by atoms with Gasteiger partial charge in [0.05, 0.1) is 6.61 Å². The summed E-state index contributed by atoms with van der Waals surface area (Å²) in [6.07, 6.45) is 2.58. The van der Waals surface area contributed by atoms with Crippen molar-refractivity contribution in [3.05, 3.63) is 11.6 Å². The van der Waals surface area contributed by atoms with Gasteiger partial charge in [0.1, 0.15) is 0 Å². The Morgan fingerprint density at radius 3 is 2.54 bits per heavy atom. The number of carbonyl (C=O) groups excluding carboxylic acids is 1. The normalized spacial score (nSPS) is 11.1. The minimum Gasteiger partial charge on any atom is -0.478 e. The third-order valence-electron chi connectivity index (χ3n) is 1.39. The molecule has 0 unspecified atom stereocenters. The molecule has 0 aromatic rings. The molecular formula is C9H14O4. The molecule has 0 fully saturated rings. The van der Waals surface area contributed by atoms with Gasteiger partial charge in [0.15, 0.2) is 0 Å². The highest BCUT2D eigenvalue weighted by atomic mass is 16.5. The summed E-state index contributed by atoms with van der Waals surface area (Å²) >= 11 is 0. The highest BCUT2D eigenvalue weighted by Crippen LogP contribution is 1.98. The number of unbranched alkanes of at least 4 members (excludes halogenated alkanes) is 1. The smallest absolute Gasteiger partial charge is 0.333 e. The molecule has 13 heavy (non-hydrogen) atoms. The SMILES string of the molecule is CCCCOC(=O)/C(C)=C\C(=O)O. The lowest BCUT2D eigenvalue weighted by atomic mass is 10.3. The van der Waals surface area contributed by atoms with Crippen LogP contribution in [0.25, 0.3) is 0 Å². The van der Waals surface area contributed by atoms with Gasteiger partial charge in [-0.2, -0.15) is 0 Å². The maximum absolute atomic E-state index is 11.0. The van der Waals surface area contributed by atoms with Gasteiger partial charge in [0.2, 0.25) is 0 Å². The molecule has 74 valence electrons. The zero-order chi connectivity index (χ0) is 10.3. The molecular weight excluding hydrogens is 172 g/mol. The summed E-state index contributed by atoms with van der Waals surface area (Å²) in [5.41, 5.74) is 0.114. The van der Waals surface area contributed by atoms with Crippen molar-refractivity contribution in [3.8, 4) is 0 Å². The van der Waals surface area contributed by atoms with Gasteiger partial charge in [-0.25, -0.2) is 9.59 Å². The second kappa shape index (κ2) is 6.22. The summed E-state index contributed by atoms with van der Waals surface area (Å²) in [6.45, 7) is 3.75. The van der Waals surface area contributed by atoms with Gasteiger partial charge in [0, 0.05) is 11.6 Å². The van der Waals surface area contributed by atoms with Crippen molar-refractivity contribution in [2.45, 2.75) is 26.7 Å². The second-order valence-corrected chi connectivity index (χ2v) is 2.66. The number of esters is 1. The van der Waals surface area contributed by atoms with E-state index in [-0.39, 0.29) is 5.57 Å². The lowest BCUT2D eigenvalue weighted by Crippen LogP contribution is -2.08. The molecule has 0 aliphatic carbocycles. The third kappa shape index (κ3) is 5.90. The molecule has 1 N–H and O–H groups in total. The first-order chi connectivity index (χ1) is 6.07. The molecule has 4 nitrogen and oxygen atoms in total. The first-order valence-corrected chi connectivity index (χ1v) is 4.16. The molecule has 0 atom stereocenters. The topological polar surface area (TPSA) is 63.6 Å². The van der Waals surface area contributed by atoms with Crippen LogP contribution in [-0.2, 0) is 14.3 Å². The molecule has 0 aromatic heterocycles. The number of rotatable bonds is 5. The van der Waals surface area contributed by atoms with Crippen molar-refractivity contribution >= 4 is 11.9 Å². The summed E-state index contributed by atoms with van der Waals surface area (Å²) in [6, 6.07) is 0. The van der Waals surface area contributed by atoms with Crippen LogP contribution in [0, 0.1) is 0 Å². The van der Waals surface area contributed by atoms with Gasteiger partial charge in [-0.15, -0.1) is 0 Å². The fourth-order valence-electron chi connectivity index (χ4n) is 0.667. The Kier molecular flexibility index (Phi) is 5.59. The highest BCUT2D eigenvalue weighted by Gasteiger charge is 2.06. The van der Waals surface area contributed by atoms with Crippen LogP contribution in [-0.4, -0.2) is 23.7 Å². The second-order valence-electron chi connectivity index (χ2n) is 2.66. The van der Waals surface area contributed by atoms with Crippen molar-refractivity contribution in [2.24, 2.45) is 0 Å². The molecule has 0 aliphatic rings. The maximum atomic E-state index is 11.0. The molecule has 0 aromatic carbocycles. The predicted molar refractivity (Wildman–Crippen MR) is 47.3 cm³/mol. The monoisotopic (exact) mass is 186 g/mol. The molecule has 4 heteroatoms. The largest absolute Gasteiger partial charge is 0.478 e. The minimum absolute atomic E-state index is 0.114. The van der Waals surface area contributed by atoms with Gasteiger partial charge in [0.25, 0.3) is 0 Å². The Bertz CT molecular complexity index is 218. The van der Waals surface area contributed by atoms with Crippen molar-refractivity contribution in [1.29, 1.82) is 0 Å². The average molecular weight is 186 g/mol. The Hall–Kier alpha value is -1.32. The van der Waals surface area contributed by atoms with Crippen LogP contribution in [0.5, 0.6) is 0 Å². The van der Waals surface area contributed by atoms with Gasteiger partial charge in [-0.3, -0.25) is 0 Å². The number of hydrogen-bond donors (Lipinski definition) is 1. The van der Waals surface area contributed by atoms with Crippen molar-refractivity contribution < 1.29 is 19.4 Å². The van der Waals surface area contributed by atoms with E-state index in [2.05, 4.69) is 0 Å².